The van der Waals surface area contributed by atoms with Gasteiger partial charge in [0.2, 0.25) is 0 Å². The van der Waals surface area contributed by atoms with Gasteiger partial charge in [-0.25, -0.2) is 4.39 Å². The first-order chi connectivity index (χ1) is 11.5. The molecule has 2 aromatic rings. The monoisotopic (exact) mass is 330 g/mol. The number of anilines is 1. The molecular weight excluding hydrogens is 307 g/mol. The highest BCUT2D eigenvalue weighted by atomic mass is 19.1. The Hall–Kier alpha value is -2.37. The fourth-order valence-electron chi connectivity index (χ4n) is 3.18. The molecule has 24 heavy (non-hydrogen) atoms. The van der Waals surface area contributed by atoms with Crippen molar-refractivity contribution in [1.29, 1.82) is 0 Å². The summed E-state index contributed by atoms with van der Waals surface area (Å²) in [4.78, 5) is 14.7. The molecule has 128 valence electrons. The van der Waals surface area contributed by atoms with Crippen molar-refractivity contribution in [2.24, 2.45) is 0 Å². The first-order valence-electron chi connectivity index (χ1n) is 8.39. The number of hydrogen-bond donors (Lipinski definition) is 2. The fraction of sp³-hybridized carbons (Fsp3) is 0.444. The number of benzene rings is 1. The van der Waals surface area contributed by atoms with Gasteiger partial charge in [0.15, 0.2) is 0 Å². The van der Waals surface area contributed by atoms with E-state index in [1.807, 2.05) is 19.9 Å². The zero-order valence-electron chi connectivity index (χ0n) is 14.1. The van der Waals surface area contributed by atoms with Crippen LogP contribution in [0.4, 0.5) is 10.1 Å². The molecule has 0 radical (unpaired) electrons. The number of nitrogens with one attached hydrogen (secondary N) is 2. The van der Waals surface area contributed by atoms with Crippen molar-refractivity contribution in [2.45, 2.75) is 38.6 Å². The third kappa shape index (κ3) is 3.58. The molecule has 1 atom stereocenters. The van der Waals surface area contributed by atoms with Crippen molar-refractivity contribution >= 4 is 11.6 Å². The molecule has 2 N–H and O–H groups in total. The van der Waals surface area contributed by atoms with Crippen LogP contribution < -0.4 is 10.2 Å². The van der Waals surface area contributed by atoms with Gasteiger partial charge in [-0.15, -0.1) is 0 Å². The van der Waals surface area contributed by atoms with E-state index in [-0.39, 0.29) is 23.7 Å². The lowest BCUT2D eigenvalue weighted by molar-refractivity contribution is 0.0932. The number of aromatic amines is 1. The van der Waals surface area contributed by atoms with Crippen molar-refractivity contribution in [3.05, 3.63) is 47.5 Å². The molecule has 0 saturated carbocycles. The Balaban J connectivity index is 1.67. The van der Waals surface area contributed by atoms with Crippen molar-refractivity contribution in [3.63, 3.8) is 0 Å². The number of H-pyrrole nitrogens is 1. The van der Waals surface area contributed by atoms with Gasteiger partial charge < -0.3 is 10.2 Å². The van der Waals surface area contributed by atoms with Gasteiger partial charge in [-0.3, -0.25) is 9.89 Å². The van der Waals surface area contributed by atoms with Crippen LogP contribution in [0.2, 0.25) is 0 Å². The number of piperidine rings is 1. The summed E-state index contributed by atoms with van der Waals surface area (Å²) in [6, 6.07) is 6.65. The molecule has 0 spiro atoms. The third-order valence-corrected chi connectivity index (χ3v) is 4.42. The third-order valence-electron chi connectivity index (χ3n) is 4.42. The summed E-state index contributed by atoms with van der Waals surface area (Å²) in [5.41, 5.74) is 2.32. The van der Waals surface area contributed by atoms with E-state index >= 15 is 0 Å². The number of hydrogen-bond acceptors (Lipinski definition) is 3. The predicted octanol–water partition coefficient (Wildman–Crippen LogP) is 3.07. The van der Waals surface area contributed by atoms with Gasteiger partial charge in [0.25, 0.3) is 5.91 Å². The Labute approximate surface area is 141 Å². The van der Waals surface area contributed by atoms with Crippen molar-refractivity contribution < 1.29 is 9.18 Å². The second-order valence-electron chi connectivity index (χ2n) is 6.59. The van der Waals surface area contributed by atoms with E-state index in [4.69, 9.17) is 0 Å². The fourth-order valence-corrected chi connectivity index (χ4v) is 3.18. The van der Waals surface area contributed by atoms with Crippen LogP contribution in [0.25, 0.3) is 0 Å². The van der Waals surface area contributed by atoms with Crippen LogP contribution in [0, 0.1) is 5.82 Å². The summed E-state index contributed by atoms with van der Waals surface area (Å²) in [6.07, 6.45) is 3.47. The van der Waals surface area contributed by atoms with E-state index in [0.29, 0.717) is 12.1 Å². The Morgan fingerprint density at radius 3 is 3.04 bits per heavy atom. The highest BCUT2D eigenvalue weighted by Crippen LogP contribution is 2.21. The highest BCUT2D eigenvalue weighted by molar-refractivity contribution is 5.95. The normalized spacial score (nSPS) is 18.0. The molecule has 1 aliphatic rings. The Bertz CT molecular complexity index is 713. The topological polar surface area (TPSA) is 61.0 Å². The van der Waals surface area contributed by atoms with Gasteiger partial charge in [0.05, 0.1) is 17.5 Å². The number of amides is 1. The van der Waals surface area contributed by atoms with E-state index in [1.165, 1.54) is 12.1 Å². The zero-order chi connectivity index (χ0) is 17.1. The minimum atomic E-state index is -0.237. The average molecular weight is 330 g/mol. The van der Waals surface area contributed by atoms with Crippen molar-refractivity contribution in [3.8, 4) is 0 Å². The molecule has 1 fully saturated rings. The first kappa shape index (κ1) is 16.5. The van der Waals surface area contributed by atoms with Gasteiger partial charge in [0.1, 0.15) is 5.82 Å². The van der Waals surface area contributed by atoms with Crippen LogP contribution in [0.1, 0.15) is 48.7 Å². The van der Waals surface area contributed by atoms with Gasteiger partial charge in [-0.05, 0) is 37.0 Å². The molecule has 3 rings (SSSR count). The van der Waals surface area contributed by atoms with Crippen LogP contribution in [-0.2, 0) is 0 Å². The molecule has 0 aliphatic carbocycles. The second-order valence-corrected chi connectivity index (χ2v) is 6.59. The quantitative estimate of drug-likeness (QED) is 0.906. The second kappa shape index (κ2) is 7.03. The molecule has 1 saturated heterocycles. The summed E-state index contributed by atoms with van der Waals surface area (Å²) in [5.74, 6) is -0.124. The van der Waals surface area contributed by atoms with Gasteiger partial charge in [-0.2, -0.15) is 5.10 Å². The number of carbonyl (C=O) groups is 1. The number of halogens is 1. The number of aromatic nitrogens is 2. The molecule has 6 heteroatoms. The molecule has 1 aliphatic heterocycles. The van der Waals surface area contributed by atoms with Crippen LogP contribution >= 0.6 is 0 Å². The Morgan fingerprint density at radius 2 is 2.29 bits per heavy atom. The largest absolute Gasteiger partial charge is 0.369 e. The van der Waals surface area contributed by atoms with E-state index in [0.717, 1.165) is 30.8 Å². The van der Waals surface area contributed by atoms with E-state index in [1.54, 1.807) is 12.3 Å². The standard InChI is InChI=1S/C18H23FN4O/c1-12(2)17-16(10-20-22-17)18(24)21-14-6-4-8-23(11-14)15-7-3-5-13(19)9-15/h3,5,7,9-10,12,14H,4,6,8,11H2,1-2H3,(H,20,22)(H,21,24)/t14-/m0/s1. The smallest absolute Gasteiger partial charge is 0.255 e. The van der Waals surface area contributed by atoms with Crippen molar-refractivity contribution in [1.82, 2.24) is 15.5 Å². The maximum atomic E-state index is 13.4. The summed E-state index contributed by atoms with van der Waals surface area (Å²) in [7, 11) is 0. The lowest BCUT2D eigenvalue weighted by Crippen LogP contribution is -2.48. The van der Waals surface area contributed by atoms with Crippen molar-refractivity contribution in [2.75, 3.05) is 18.0 Å². The summed E-state index contributed by atoms with van der Waals surface area (Å²) < 4.78 is 13.4. The lowest BCUT2D eigenvalue weighted by atomic mass is 10.0. The van der Waals surface area contributed by atoms with Crippen LogP contribution in [0.5, 0.6) is 0 Å². The van der Waals surface area contributed by atoms with E-state index < -0.39 is 0 Å². The minimum Gasteiger partial charge on any atom is -0.369 e. The predicted molar refractivity (Wildman–Crippen MR) is 91.8 cm³/mol. The summed E-state index contributed by atoms with van der Waals surface area (Å²) >= 11 is 0. The number of nitrogens with zero attached hydrogens (tertiary/aromatic N) is 2. The van der Waals surface area contributed by atoms with Crippen LogP contribution in [0.15, 0.2) is 30.5 Å². The summed E-state index contributed by atoms with van der Waals surface area (Å²) in [5, 5.41) is 9.99. The SMILES string of the molecule is CC(C)c1[nH]ncc1C(=O)N[C@H]1CCCN(c2cccc(F)c2)C1. The van der Waals surface area contributed by atoms with Gasteiger partial charge >= 0.3 is 0 Å². The molecule has 1 aromatic heterocycles. The molecule has 0 bridgehead atoms. The molecule has 1 amide bonds. The molecular formula is C18H23FN4O. The zero-order valence-corrected chi connectivity index (χ0v) is 14.1. The minimum absolute atomic E-state index is 0.0458. The summed E-state index contributed by atoms with van der Waals surface area (Å²) in [6.45, 7) is 5.61. The highest BCUT2D eigenvalue weighted by Gasteiger charge is 2.24. The Kier molecular flexibility index (Phi) is 4.83. The first-order valence-corrected chi connectivity index (χ1v) is 8.39. The average Bonchev–Trinajstić information content (AvgIpc) is 3.05. The molecule has 1 aromatic carbocycles. The Morgan fingerprint density at radius 1 is 1.46 bits per heavy atom. The maximum Gasteiger partial charge on any atom is 0.255 e. The molecule has 0 unspecified atom stereocenters. The molecule has 5 nitrogen and oxygen atoms in total. The van der Waals surface area contributed by atoms with Crippen LogP contribution in [-0.4, -0.2) is 35.2 Å². The number of carbonyl (C=O) groups excluding carboxylic acids is 1. The van der Waals surface area contributed by atoms with E-state index in [9.17, 15) is 9.18 Å². The van der Waals surface area contributed by atoms with Gasteiger partial charge in [-0.1, -0.05) is 19.9 Å². The lowest BCUT2D eigenvalue weighted by Gasteiger charge is -2.34. The van der Waals surface area contributed by atoms with Gasteiger partial charge in [0, 0.05) is 24.8 Å². The molecule has 2 heterocycles. The number of rotatable bonds is 4. The maximum absolute atomic E-state index is 13.4. The van der Waals surface area contributed by atoms with Crippen LogP contribution in [0.3, 0.4) is 0 Å². The van der Waals surface area contributed by atoms with E-state index in [2.05, 4.69) is 20.4 Å².